The van der Waals surface area contributed by atoms with E-state index in [1.165, 1.54) is 12.1 Å². The summed E-state index contributed by atoms with van der Waals surface area (Å²) in [5.41, 5.74) is 0.800. The largest absolute Gasteiger partial charge is 0.573 e. The quantitative estimate of drug-likeness (QED) is 0.901. The Morgan fingerprint density at radius 2 is 2.11 bits per heavy atom. The van der Waals surface area contributed by atoms with E-state index in [1.807, 2.05) is 6.92 Å². The molecule has 5 heteroatoms. The summed E-state index contributed by atoms with van der Waals surface area (Å²) in [6.45, 7) is 1.97. The molecule has 2 rings (SSSR count). The van der Waals surface area contributed by atoms with Crippen molar-refractivity contribution in [2.45, 2.75) is 38.1 Å². The van der Waals surface area contributed by atoms with Gasteiger partial charge in [-0.3, -0.25) is 0 Å². The number of halogens is 3. The van der Waals surface area contributed by atoms with Crippen LogP contribution in [0.4, 0.5) is 13.2 Å². The van der Waals surface area contributed by atoms with E-state index in [4.69, 9.17) is 0 Å². The second-order valence-corrected chi connectivity index (χ2v) is 4.60. The molecule has 1 aromatic carbocycles. The van der Waals surface area contributed by atoms with Crippen LogP contribution in [0.5, 0.6) is 5.75 Å². The van der Waals surface area contributed by atoms with E-state index in [1.54, 1.807) is 12.1 Å². The number of hydrogen-bond acceptors (Lipinski definition) is 2. The molecule has 0 saturated heterocycles. The molecule has 0 bridgehead atoms. The van der Waals surface area contributed by atoms with Crippen LogP contribution in [0.1, 0.15) is 31.2 Å². The predicted octanol–water partition coefficient (Wildman–Crippen LogP) is 3.46. The van der Waals surface area contributed by atoms with E-state index < -0.39 is 6.36 Å². The van der Waals surface area contributed by atoms with E-state index >= 15 is 0 Å². The molecule has 1 aliphatic rings. The summed E-state index contributed by atoms with van der Waals surface area (Å²) < 4.78 is 40.2. The Morgan fingerprint density at radius 1 is 1.39 bits per heavy atom. The van der Waals surface area contributed by atoms with Crippen LogP contribution in [0.2, 0.25) is 0 Å². The Hall–Kier alpha value is -1.23. The van der Waals surface area contributed by atoms with Crippen LogP contribution < -0.4 is 4.74 Å². The first-order valence-electron chi connectivity index (χ1n) is 5.94. The Balaban J connectivity index is 2.13. The molecule has 100 valence electrons. The van der Waals surface area contributed by atoms with Crippen molar-refractivity contribution in [1.29, 1.82) is 0 Å². The van der Waals surface area contributed by atoms with Crippen LogP contribution >= 0.6 is 0 Å². The maximum Gasteiger partial charge on any atom is 0.573 e. The maximum absolute atomic E-state index is 12.1. The molecule has 2 nitrogen and oxygen atoms in total. The highest BCUT2D eigenvalue weighted by atomic mass is 19.4. The van der Waals surface area contributed by atoms with Gasteiger partial charge in [0.2, 0.25) is 0 Å². The van der Waals surface area contributed by atoms with Gasteiger partial charge in [0.25, 0.3) is 0 Å². The third-order valence-electron chi connectivity index (χ3n) is 3.50. The molecule has 3 unspecified atom stereocenters. The zero-order valence-electron chi connectivity index (χ0n) is 9.95. The number of alkyl halides is 3. The molecule has 0 heterocycles. The standard InChI is InChI=1S/C13H15F3O2/c1-2-10-11(7-12(10)17)8-4-3-5-9(6-8)18-13(14,15)16/h3-6,10-12,17H,2,7H2,1H3. The van der Waals surface area contributed by atoms with Gasteiger partial charge in [-0.1, -0.05) is 25.5 Å². The van der Waals surface area contributed by atoms with Gasteiger partial charge in [0.1, 0.15) is 5.75 Å². The summed E-state index contributed by atoms with van der Waals surface area (Å²) in [7, 11) is 0. The molecule has 0 aromatic heterocycles. The average molecular weight is 260 g/mol. The van der Waals surface area contributed by atoms with E-state index in [0.29, 0.717) is 6.42 Å². The Bertz CT molecular complexity index is 417. The number of rotatable bonds is 3. The lowest BCUT2D eigenvalue weighted by Crippen LogP contribution is -2.39. The van der Waals surface area contributed by atoms with Crippen molar-refractivity contribution in [1.82, 2.24) is 0 Å². The number of aliphatic hydroxyl groups is 1. The summed E-state index contributed by atoms with van der Waals surface area (Å²) in [5, 5.41) is 9.58. The third kappa shape index (κ3) is 2.77. The lowest BCUT2D eigenvalue weighted by atomic mass is 9.66. The van der Waals surface area contributed by atoms with Crippen molar-refractivity contribution in [3.8, 4) is 5.75 Å². The van der Waals surface area contributed by atoms with Gasteiger partial charge in [0.05, 0.1) is 6.10 Å². The minimum Gasteiger partial charge on any atom is -0.406 e. The van der Waals surface area contributed by atoms with Crippen LogP contribution in [0.15, 0.2) is 24.3 Å². The third-order valence-corrected chi connectivity index (χ3v) is 3.50. The van der Waals surface area contributed by atoms with Gasteiger partial charge in [-0.2, -0.15) is 0 Å². The van der Waals surface area contributed by atoms with Crippen LogP contribution in [-0.4, -0.2) is 17.6 Å². The van der Waals surface area contributed by atoms with Crippen molar-refractivity contribution in [2.24, 2.45) is 5.92 Å². The number of ether oxygens (including phenoxy) is 1. The minimum absolute atomic E-state index is 0.127. The normalized spacial score (nSPS) is 27.7. The van der Waals surface area contributed by atoms with Gasteiger partial charge in [-0.25, -0.2) is 0 Å². The fourth-order valence-electron chi connectivity index (χ4n) is 2.56. The van der Waals surface area contributed by atoms with Gasteiger partial charge in [-0.05, 0) is 36.0 Å². The molecular weight excluding hydrogens is 245 g/mol. The molecule has 1 aliphatic carbocycles. The van der Waals surface area contributed by atoms with Crippen molar-refractivity contribution < 1.29 is 23.0 Å². The van der Waals surface area contributed by atoms with Crippen molar-refractivity contribution in [2.75, 3.05) is 0 Å². The van der Waals surface area contributed by atoms with Crippen LogP contribution in [0.3, 0.4) is 0 Å². The molecule has 1 fully saturated rings. The fraction of sp³-hybridized carbons (Fsp3) is 0.538. The first-order chi connectivity index (χ1) is 8.40. The SMILES string of the molecule is CCC1C(O)CC1c1cccc(OC(F)(F)F)c1. The van der Waals surface area contributed by atoms with E-state index in [9.17, 15) is 18.3 Å². The summed E-state index contributed by atoms with van der Waals surface area (Å²) in [4.78, 5) is 0. The Kier molecular flexibility index (Phi) is 3.52. The highest BCUT2D eigenvalue weighted by molar-refractivity contribution is 5.33. The van der Waals surface area contributed by atoms with Crippen molar-refractivity contribution in [3.63, 3.8) is 0 Å². The molecule has 1 saturated carbocycles. The van der Waals surface area contributed by atoms with Gasteiger partial charge >= 0.3 is 6.36 Å². The predicted molar refractivity (Wildman–Crippen MR) is 60.3 cm³/mol. The average Bonchev–Trinajstić information content (AvgIpc) is 2.24. The molecule has 1 N–H and O–H groups in total. The summed E-state index contributed by atoms with van der Waals surface area (Å²) in [6.07, 6.45) is -3.58. The number of benzene rings is 1. The van der Waals surface area contributed by atoms with Crippen LogP contribution in [-0.2, 0) is 0 Å². The van der Waals surface area contributed by atoms with Gasteiger partial charge in [0.15, 0.2) is 0 Å². The zero-order chi connectivity index (χ0) is 13.3. The summed E-state index contributed by atoms with van der Waals surface area (Å²) in [6, 6.07) is 6.02. The highest BCUT2D eigenvalue weighted by Gasteiger charge is 2.39. The summed E-state index contributed by atoms with van der Waals surface area (Å²) >= 11 is 0. The first kappa shape index (κ1) is 13.2. The number of aliphatic hydroxyl groups excluding tert-OH is 1. The molecule has 1 aromatic rings. The van der Waals surface area contributed by atoms with E-state index in [-0.39, 0.29) is 23.7 Å². The Morgan fingerprint density at radius 3 is 2.67 bits per heavy atom. The van der Waals surface area contributed by atoms with E-state index in [2.05, 4.69) is 4.74 Å². The van der Waals surface area contributed by atoms with E-state index in [0.717, 1.165) is 12.0 Å². The second kappa shape index (κ2) is 4.80. The van der Waals surface area contributed by atoms with Crippen LogP contribution in [0, 0.1) is 5.92 Å². The Labute approximate surface area is 103 Å². The zero-order valence-corrected chi connectivity index (χ0v) is 9.95. The number of hydrogen-bond donors (Lipinski definition) is 1. The lowest BCUT2D eigenvalue weighted by Gasteiger charge is -2.41. The van der Waals surface area contributed by atoms with Gasteiger partial charge < -0.3 is 9.84 Å². The molecule has 0 amide bonds. The molecule has 0 aliphatic heterocycles. The fourth-order valence-corrected chi connectivity index (χ4v) is 2.56. The summed E-state index contributed by atoms with van der Waals surface area (Å²) in [5.74, 6) is 0.0594. The lowest BCUT2D eigenvalue weighted by molar-refractivity contribution is -0.274. The van der Waals surface area contributed by atoms with Crippen LogP contribution in [0.25, 0.3) is 0 Å². The molecule has 3 atom stereocenters. The smallest absolute Gasteiger partial charge is 0.406 e. The first-order valence-corrected chi connectivity index (χ1v) is 5.94. The molecular formula is C13H15F3O2. The van der Waals surface area contributed by atoms with Gasteiger partial charge in [0, 0.05) is 0 Å². The molecule has 0 spiro atoms. The monoisotopic (exact) mass is 260 g/mol. The van der Waals surface area contributed by atoms with Crippen molar-refractivity contribution in [3.05, 3.63) is 29.8 Å². The molecule has 0 radical (unpaired) electrons. The van der Waals surface area contributed by atoms with Crippen molar-refractivity contribution >= 4 is 0 Å². The van der Waals surface area contributed by atoms with Gasteiger partial charge in [-0.15, -0.1) is 13.2 Å². The maximum atomic E-state index is 12.1. The highest BCUT2D eigenvalue weighted by Crippen LogP contribution is 2.45. The molecule has 18 heavy (non-hydrogen) atoms. The second-order valence-electron chi connectivity index (χ2n) is 4.60. The topological polar surface area (TPSA) is 29.5 Å². The minimum atomic E-state index is -4.66.